The summed E-state index contributed by atoms with van der Waals surface area (Å²) in [5.41, 5.74) is 2.79. The van der Waals surface area contributed by atoms with Crippen molar-refractivity contribution in [3.8, 4) is 11.5 Å². The van der Waals surface area contributed by atoms with Crippen molar-refractivity contribution in [1.29, 1.82) is 0 Å². The Balaban J connectivity index is 1.56. The van der Waals surface area contributed by atoms with Crippen molar-refractivity contribution >= 4 is 33.9 Å². The van der Waals surface area contributed by atoms with E-state index in [9.17, 15) is 4.79 Å². The van der Waals surface area contributed by atoms with Crippen molar-refractivity contribution in [2.45, 2.75) is 13.5 Å². The van der Waals surface area contributed by atoms with E-state index in [1.165, 1.54) is 0 Å². The smallest absolute Gasteiger partial charge is 0.363 e. The number of aliphatic imine (C=N–C) groups is 1. The number of hydrogen-bond donors (Lipinski definition) is 0. The molecule has 4 rings (SSSR count). The van der Waals surface area contributed by atoms with Gasteiger partial charge in [0, 0.05) is 15.6 Å². The summed E-state index contributed by atoms with van der Waals surface area (Å²) in [5, 5.41) is 0. The quantitative estimate of drug-likeness (QED) is 0.320. The van der Waals surface area contributed by atoms with Crippen LogP contribution >= 0.6 is 15.9 Å². The van der Waals surface area contributed by atoms with Gasteiger partial charge in [0.05, 0.1) is 6.61 Å². The molecular weight excluding hydrogens is 458 g/mol. The van der Waals surface area contributed by atoms with Crippen molar-refractivity contribution in [3.05, 3.63) is 99.7 Å². The molecule has 6 heteroatoms. The molecule has 5 nitrogen and oxygen atoms in total. The molecule has 0 bridgehead atoms. The van der Waals surface area contributed by atoms with E-state index in [0.29, 0.717) is 30.6 Å². The highest BCUT2D eigenvalue weighted by Crippen LogP contribution is 2.31. The Morgan fingerprint density at radius 3 is 2.52 bits per heavy atom. The highest BCUT2D eigenvalue weighted by atomic mass is 79.9. The zero-order valence-electron chi connectivity index (χ0n) is 16.9. The van der Waals surface area contributed by atoms with E-state index in [2.05, 4.69) is 20.9 Å². The Kier molecular flexibility index (Phi) is 6.48. The highest BCUT2D eigenvalue weighted by Gasteiger charge is 2.24. The zero-order chi connectivity index (χ0) is 21.6. The minimum atomic E-state index is -0.480. The fourth-order valence-electron chi connectivity index (χ4n) is 3.04. The van der Waals surface area contributed by atoms with E-state index >= 15 is 0 Å². The minimum Gasteiger partial charge on any atom is -0.490 e. The molecule has 0 aromatic heterocycles. The van der Waals surface area contributed by atoms with Gasteiger partial charge in [0.25, 0.3) is 0 Å². The maximum absolute atomic E-state index is 12.3. The number of ether oxygens (including phenoxy) is 3. The monoisotopic (exact) mass is 477 g/mol. The molecule has 0 N–H and O–H groups in total. The molecule has 1 heterocycles. The van der Waals surface area contributed by atoms with E-state index in [1.54, 1.807) is 6.08 Å². The van der Waals surface area contributed by atoms with E-state index in [-0.39, 0.29) is 5.70 Å². The molecule has 3 aromatic carbocycles. The lowest BCUT2D eigenvalue weighted by Crippen LogP contribution is -2.05. The predicted octanol–water partition coefficient (Wildman–Crippen LogP) is 5.77. The second-order valence-electron chi connectivity index (χ2n) is 6.72. The Bertz CT molecular complexity index is 1160. The zero-order valence-corrected chi connectivity index (χ0v) is 18.5. The van der Waals surface area contributed by atoms with Gasteiger partial charge in [-0.15, -0.1) is 0 Å². The first-order valence-corrected chi connectivity index (χ1v) is 10.6. The third-order valence-corrected chi connectivity index (χ3v) is 5.33. The summed E-state index contributed by atoms with van der Waals surface area (Å²) < 4.78 is 18.0. The van der Waals surface area contributed by atoms with E-state index in [1.807, 2.05) is 79.7 Å². The minimum absolute atomic E-state index is 0.239. The van der Waals surface area contributed by atoms with Gasteiger partial charge in [0.15, 0.2) is 17.2 Å². The van der Waals surface area contributed by atoms with Crippen molar-refractivity contribution in [1.82, 2.24) is 0 Å². The number of rotatable bonds is 7. The Morgan fingerprint density at radius 2 is 1.74 bits per heavy atom. The van der Waals surface area contributed by atoms with Crippen LogP contribution in [0.15, 0.2) is 88.0 Å². The number of carbonyl (C=O) groups excluding carboxylic acids is 1. The fraction of sp³-hybridized carbons (Fsp3) is 0.120. The molecule has 1 aliphatic rings. The summed E-state index contributed by atoms with van der Waals surface area (Å²) in [7, 11) is 0. The molecule has 0 aliphatic carbocycles. The second-order valence-corrected chi connectivity index (χ2v) is 7.58. The maximum atomic E-state index is 12.3. The lowest BCUT2D eigenvalue weighted by Gasteiger charge is -2.13. The van der Waals surface area contributed by atoms with E-state index < -0.39 is 5.97 Å². The standard InChI is InChI=1S/C25H20BrNO4/c1-2-29-23-15-17(12-13-22(23)30-16-19-10-6-7-11-20(19)26)14-21-25(28)31-24(27-21)18-8-4-3-5-9-18/h3-15H,2,16H2,1H3. The van der Waals surface area contributed by atoms with Crippen LogP contribution in [0.25, 0.3) is 6.08 Å². The lowest BCUT2D eigenvalue weighted by molar-refractivity contribution is -0.129. The molecule has 0 saturated heterocycles. The Labute approximate surface area is 189 Å². The van der Waals surface area contributed by atoms with Gasteiger partial charge >= 0.3 is 5.97 Å². The first-order chi connectivity index (χ1) is 15.1. The number of benzene rings is 3. The van der Waals surface area contributed by atoms with Gasteiger partial charge < -0.3 is 14.2 Å². The maximum Gasteiger partial charge on any atom is 0.363 e. The average molecular weight is 478 g/mol. The van der Waals surface area contributed by atoms with E-state index in [4.69, 9.17) is 14.2 Å². The second kappa shape index (κ2) is 9.62. The third kappa shape index (κ3) is 5.03. The number of hydrogen-bond acceptors (Lipinski definition) is 5. The summed E-state index contributed by atoms with van der Waals surface area (Å²) in [5.74, 6) is 1.05. The molecular formula is C25H20BrNO4. The summed E-state index contributed by atoms with van der Waals surface area (Å²) >= 11 is 3.53. The van der Waals surface area contributed by atoms with Gasteiger partial charge in [-0.05, 0) is 48.9 Å². The number of carbonyl (C=O) groups is 1. The van der Waals surface area contributed by atoms with Crippen LogP contribution in [0.5, 0.6) is 11.5 Å². The third-order valence-electron chi connectivity index (χ3n) is 4.55. The fourth-order valence-corrected chi connectivity index (χ4v) is 3.44. The van der Waals surface area contributed by atoms with Crippen LogP contribution in [0.1, 0.15) is 23.6 Å². The Morgan fingerprint density at radius 1 is 0.968 bits per heavy atom. The number of esters is 1. The van der Waals surface area contributed by atoms with Gasteiger partial charge in [-0.25, -0.2) is 9.79 Å². The molecule has 31 heavy (non-hydrogen) atoms. The van der Waals surface area contributed by atoms with Gasteiger partial charge in [-0.3, -0.25) is 0 Å². The first kappa shape index (κ1) is 20.9. The summed E-state index contributed by atoms with van der Waals surface area (Å²) in [6, 6.07) is 22.7. The van der Waals surface area contributed by atoms with Crippen LogP contribution in [-0.4, -0.2) is 18.5 Å². The van der Waals surface area contributed by atoms with Crippen LogP contribution < -0.4 is 9.47 Å². The molecule has 0 unspecified atom stereocenters. The molecule has 3 aromatic rings. The van der Waals surface area contributed by atoms with Crippen LogP contribution in [0.3, 0.4) is 0 Å². The topological polar surface area (TPSA) is 57.1 Å². The van der Waals surface area contributed by atoms with Gasteiger partial charge in [0.2, 0.25) is 5.90 Å². The van der Waals surface area contributed by atoms with Crippen LogP contribution in [0.2, 0.25) is 0 Å². The summed E-state index contributed by atoms with van der Waals surface area (Å²) in [4.78, 5) is 16.6. The molecule has 1 aliphatic heterocycles. The normalized spacial score (nSPS) is 14.3. The first-order valence-electron chi connectivity index (χ1n) is 9.85. The van der Waals surface area contributed by atoms with Crippen molar-refractivity contribution in [2.24, 2.45) is 4.99 Å². The molecule has 156 valence electrons. The molecule has 0 amide bonds. The van der Waals surface area contributed by atoms with Crippen molar-refractivity contribution < 1.29 is 19.0 Å². The predicted molar refractivity (Wildman–Crippen MR) is 123 cm³/mol. The van der Waals surface area contributed by atoms with Crippen LogP contribution in [0.4, 0.5) is 0 Å². The SMILES string of the molecule is CCOc1cc(C=C2N=C(c3ccccc3)OC2=O)ccc1OCc1ccccc1Br. The van der Waals surface area contributed by atoms with Gasteiger partial charge in [-0.2, -0.15) is 0 Å². The van der Waals surface area contributed by atoms with Crippen LogP contribution in [0, 0.1) is 0 Å². The summed E-state index contributed by atoms with van der Waals surface area (Å²) in [6.45, 7) is 2.80. The van der Waals surface area contributed by atoms with Crippen molar-refractivity contribution in [2.75, 3.05) is 6.61 Å². The molecule has 0 saturated carbocycles. The van der Waals surface area contributed by atoms with Gasteiger partial charge in [0.1, 0.15) is 6.61 Å². The highest BCUT2D eigenvalue weighted by molar-refractivity contribution is 9.10. The number of nitrogens with zero attached hydrogens (tertiary/aromatic N) is 1. The largest absolute Gasteiger partial charge is 0.490 e. The molecule has 0 radical (unpaired) electrons. The number of cyclic esters (lactones) is 1. The Hall–Kier alpha value is -3.38. The van der Waals surface area contributed by atoms with Crippen LogP contribution in [-0.2, 0) is 16.1 Å². The molecule has 0 spiro atoms. The molecule has 0 fully saturated rings. The van der Waals surface area contributed by atoms with Crippen molar-refractivity contribution in [3.63, 3.8) is 0 Å². The summed E-state index contributed by atoms with van der Waals surface area (Å²) in [6.07, 6.45) is 1.68. The molecule has 0 atom stereocenters. The number of halogens is 1. The van der Waals surface area contributed by atoms with E-state index in [0.717, 1.165) is 21.2 Å². The average Bonchev–Trinajstić information content (AvgIpc) is 3.15. The van der Waals surface area contributed by atoms with Gasteiger partial charge in [-0.1, -0.05) is 58.4 Å². The lowest BCUT2D eigenvalue weighted by atomic mass is 10.1.